The van der Waals surface area contributed by atoms with E-state index in [1.54, 1.807) is 18.2 Å². The summed E-state index contributed by atoms with van der Waals surface area (Å²) in [6.07, 6.45) is 4.41. The molecule has 1 N–H and O–H groups in total. The predicted octanol–water partition coefficient (Wildman–Crippen LogP) is 2.84. The van der Waals surface area contributed by atoms with E-state index in [0.717, 1.165) is 47.9 Å². The van der Waals surface area contributed by atoms with Crippen LogP contribution >= 0.6 is 11.8 Å². The van der Waals surface area contributed by atoms with Gasteiger partial charge in [0, 0.05) is 29.6 Å². The Kier molecular flexibility index (Phi) is 6.57. The maximum Gasteiger partial charge on any atom is 0.311 e. The summed E-state index contributed by atoms with van der Waals surface area (Å²) in [5, 5.41) is 13.4. The molecule has 28 heavy (non-hydrogen) atoms. The number of nitriles is 1. The van der Waals surface area contributed by atoms with Crippen molar-refractivity contribution >= 4 is 35.2 Å². The number of likely N-dealkylation sites (tertiary alicyclic amines) is 1. The number of nitrogens with zero attached hydrogens (tertiary/aromatic N) is 2. The molecule has 2 fully saturated rings. The van der Waals surface area contributed by atoms with Gasteiger partial charge < -0.3 is 15.0 Å². The maximum atomic E-state index is 12.3. The van der Waals surface area contributed by atoms with E-state index in [1.807, 2.05) is 17.2 Å². The minimum atomic E-state index is -0.499. The van der Waals surface area contributed by atoms with Crippen LogP contribution < -0.4 is 5.32 Å². The molecule has 1 aliphatic heterocycles. The minimum absolute atomic E-state index is 0.00394. The average molecular weight is 401 g/mol. The molecule has 1 atom stereocenters. The van der Waals surface area contributed by atoms with Crippen LogP contribution in [0, 0.1) is 23.5 Å². The number of thioether (sulfide) groups is 1. The van der Waals surface area contributed by atoms with Crippen LogP contribution in [0.5, 0.6) is 0 Å². The second-order valence-electron chi connectivity index (χ2n) is 7.21. The van der Waals surface area contributed by atoms with Crippen LogP contribution in [-0.4, -0.2) is 41.9 Å². The molecule has 1 aromatic rings. The molecule has 2 aliphatic rings. The van der Waals surface area contributed by atoms with Gasteiger partial charge in [-0.1, -0.05) is 12.8 Å². The largest absolute Gasteiger partial charge is 0.455 e. The summed E-state index contributed by atoms with van der Waals surface area (Å²) in [6, 6.07) is 5.50. The molecule has 1 heterocycles. The van der Waals surface area contributed by atoms with Crippen molar-refractivity contribution in [1.29, 1.82) is 5.26 Å². The van der Waals surface area contributed by atoms with Crippen LogP contribution in [-0.2, 0) is 19.1 Å². The lowest BCUT2D eigenvalue weighted by molar-refractivity contribution is -0.151. The molecule has 3 rings (SSSR count). The Hall–Kier alpha value is -2.53. The second-order valence-corrected chi connectivity index (χ2v) is 8.07. The van der Waals surface area contributed by atoms with Crippen molar-refractivity contribution < 1.29 is 19.1 Å². The van der Waals surface area contributed by atoms with Crippen molar-refractivity contribution in [1.82, 2.24) is 4.90 Å². The number of esters is 1. The lowest BCUT2D eigenvalue weighted by Crippen LogP contribution is -2.35. The zero-order valence-electron chi connectivity index (χ0n) is 15.8. The van der Waals surface area contributed by atoms with E-state index in [4.69, 9.17) is 10.00 Å². The number of hydrogen-bond acceptors (Lipinski definition) is 6. The van der Waals surface area contributed by atoms with Crippen LogP contribution in [0.15, 0.2) is 23.1 Å². The third-order valence-corrected chi connectivity index (χ3v) is 5.82. The summed E-state index contributed by atoms with van der Waals surface area (Å²) < 4.78 is 5.14. The van der Waals surface area contributed by atoms with Gasteiger partial charge in [0.2, 0.25) is 5.91 Å². The van der Waals surface area contributed by atoms with Crippen LogP contribution in [0.2, 0.25) is 0 Å². The molecular formula is C20H23N3O4S. The number of benzene rings is 1. The lowest BCUT2D eigenvalue weighted by Gasteiger charge is -2.23. The summed E-state index contributed by atoms with van der Waals surface area (Å²) >= 11 is 1.05. The normalized spacial score (nSPS) is 19.5. The van der Waals surface area contributed by atoms with Gasteiger partial charge in [0.05, 0.1) is 5.92 Å². The average Bonchev–Trinajstić information content (AvgIpc) is 3.31. The molecule has 1 aliphatic carbocycles. The summed E-state index contributed by atoms with van der Waals surface area (Å²) in [4.78, 5) is 39.2. The number of nitrogens with one attached hydrogen (secondary N) is 1. The molecule has 0 aromatic heterocycles. The molecule has 2 amide bonds. The van der Waals surface area contributed by atoms with Gasteiger partial charge in [-0.3, -0.25) is 14.4 Å². The van der Waals surface area contributed by atoms with Crippen molar-refractivity contribution in [2.24, 2.45) is 5.92 Å². The molecular weight excluding hydrogens is 378 g/mol. The van der Waals surface area contributed by atoms with E-state index in [1.165, 1.54) is 0 Å². The fraction of sp³-hybridized carbons (Fsp3) is 0.500. The fourth-order valence-corrected chi connectivity index (χ4v) is 4.27. The van der Waals surface area contributed by atoms with Crippen LogP contribution in [0.1, 0.15) is 37.7 Å². The van der Waals surface area contributed by atoms with Crippen molar-refractivity contribution in [3.63, 3.8) is 0 Å². The standard InChI is InChI=1S/C20H23N3O4S/c1-13-8-16(28-12-21)6-7-17(13)22-18(24)11-27-20(26)14-9-19(25)23(10-14)15-4-2-3-5-15/h6-8,14-15H,2-5,9-11H2,1H3,(H,22,24)/t14-/m0/s1. The van der Waals surface area contributed by atoms with Crippen LogP contribution in [0.3, 0.4) is 0 Å². The fourth-order valence-electron chi connectivity index (χ4n) is 3.79. The van der Waals surface area contributed by atoms with E-state index in [9.17, 15) is 14.4 Å². The highest BCUT2D eigenvalue weighted by Crippen LogP contribution is 2.30. The molecule has 8 heteroatoms. The highest BCUT2D eigenvalue weighted by Gasteiger charge is 2.39. The number of rotatable bonds is 6. The molecule has 0 bridgehead atoms. The first kappa shape index (κ1) is 20.2. The van der Waals surface area contributed by atoms with Crippen LogP contribution in [0.25, 0.3) is 0 Å². The number of carbonyl (C=O) groups is 3. The van der Waals surface area contributed by atoms with E-state index < -0.39 is 17.8 Å². The van der Waals surface area contributed by atoms with Gasteiger partial charge in [-0.05, 0) is 55.3 Å². The zero-order valence-corrected chi connectivity index (χ0v) is 16.6. The Balaban J connectivity index is 1.47. The first-order chi connectivity index (χ1) is 13.5. The summed E-state index contributed by atoms with van der Waals surface area (Å²) in [5.74, 6) is -1.43. The van der Waals surface area contributed by atoms with E-state index in [2.05, 4.69) is 5.32 Å². The van der Waals surface area contributed by atoms with Gasteiger partial charge >= 0.3 is 5.97 Å². The number of amides is 2. The zero-order chi connectivity index (χ0) is 20.1. The topological polar surface area (TPSA) is 99.5 Å². The Morgan fingerprint density at radius 1 is 1.36 bits per heavy atom. The first-order valence-corrected chi connectivity index (χ1v) is 10.2. The van der Waals surface area contributed by atoms with Crippen LogP contribution in [0.4, 0.5) is 5.69 Å². The second kappa shape index (κ2) is 9.11. The van der Waals surface area contributed by atoms with Gasteiger partial charge in [-0.2, -0.15) is 5.26 Å². The Bertz CT molecular complexity index is 814. The smallest absolute Gasteiger partial charge is 0.311 e. The monoisotopic (exact) mass is 401 g/mol. The number of aryl methyl sites for hydroxylation is 1. The Morgan fingerprint density at radius 2 is 2.11 bits per heavy atom. The molecule has 148 valence electrons. The summed E-state index contributed by atoms with van der Waals surface area (Å²) in [5.41, 5.74) is 1.42. The third-order valence-electron chi connectivity index (χ3n) is 5.24. The predicted molar refractivity (Wildman–Crippen MR) is 104 cm³/mol. The van der Waals surface area contributed by atoms with Crippen molar-refractivity contribution in [3.05, 3.63) is 23.8 Å². The first-order valence-electron chi connectivity index (χ1n) is 9.40. The Labute approximate surface area is 168 Å². The van der Waals surface area contributed by atoms with Crippen molar-refractivity contribution in [2.45, 2.75) is 50.0 Å². The van der Waals surface area contributed by atoms with Crippen molar-refractivity contribution in [3.8, 4) is 5.40 Å². The summed E-state index contributed by atoms with van der Waals surface area (Å²) in [6.45, 7) is 1.83. The molecule has 1 saturated carbocycles. The van der Waals surface area contributed by atoms with Gasteiger partial charge in [-0.15, -0.1) is 0 Å². The van der Waals surface area contributed by atoms with Gasteiger partial charge in [0.1, 0.15) is 5.40 Å². The number of anilines is 1. The molecule has 0 unspecified atom stereocenters. The molecule has 0 spiro atoms. The Morgan fingerprint density at radius 3 is 2.79 bits per heavy atom. The number of carbonyl (C=O) groups excluding carboxylic acids is 3. The quantitative estimate of drug-likeness (QED) is 0.447. The third kappa shape index (κ3) is 4.84. The summed E-state index contributed by atoms with van der Waals surface area (Å²) in [7, 11) is 0. The molecule has 1 saturated heterocycles. The lowest BCUT2D eigenvalue weighted by atomic mass is 10.1. The highest BCUT2D eigenvalue weighted by molar-refractivity contribution is 8.03. The van der Waals surface area contributed by atoms with Gasteiger partial charge in [0.25, 0.3) is 5.91 Å². The molecule has 1 aromatic carbocycles. The highest BCUT2D eigenvalue weighted by atomic mass is 32.2. The SMILES string of the molecule is Cc1cc(SC#N)ccc1NC(=O)COC(=O)[C@H]1CC(=O)N(C2CCCC2)C1. The van der Waals surface area contributed by atoms with Crippen molar-refractivity contribution in [2.75, 3.05) is 18.5 Å². The minimum Gasteiger partial charge on any atom is -0.455 e. The maximum absolute atomic E-state index is 12.3. The van der Waals surface area contributed by atoms with Gasteiger partial charge in [-0.25, -0.2) is 0 Å². The van der Waals surface area contributed by atoms with Gasteiger partial charge in [0.15, 0.2) is 6.61 Å². The van der Waals surface area contributed by atoms with E-state index in [-0.39, 0.29) is 25.0 Å². The van der Waals surface area contributed by atoms with E-state index >= 15 is 0 Å². The number of thiocyanates is 1. The molecule has 0 radical (unpaired) electrons. The number of hydrogen-bond donors (Lipinski definition) is 1. The number of ether oxygens (including phenoxy) is 1. The van der Waals surface area contributed by atoms with E-state index in [0.29, 0.717) is 12.2 Å². The molecule has 7 nitrogen and oxygen atoms in total.